The summed E-state index contributed by atoms with van der Waals surface area (Å²) in [5, 5.41) is 2.84. The van der Waals surface area contributed by atoms with E-state index in [0.29, 0.717) is 10.2 Å². The van der Waals surface area contributed by atoms with Crippen LogP contribution >= 0.6 is 22.6 Å². The van der Waals surface area contributed by atoms with E-state index in [9.17, 15) is 9.70 Å². The second-order valence-corrected chi connectivity index (χ2v) is 12.0. The van der Waals surface area contributed by atoms with Crippen molar-refractivity contribution >= 4 is 36.4 Å². The minimum absolute atomic E-state index is 0.156. The zero-order chi connectivity index (χ0) is 13.8. The molecule has 0 amide bonds. The number of pyridine rings is 1. The molecule has 100 valence electrons. The highest BCUT2D eigenvalue weighted by atomic mass is 127. The summed E-state index contributed by atoms with van der Waals surface area (Å²) < 4.78 is 7.33. The van der Waals surface area contributed by atoms with Gasteiger partial charge in [-0.25, -0.2) is 0 Å². The van der Waals surface area contributed by atoms with E-state index >= 15 is 0 Å². The van der Waals surface area contributed by atoms with E-state index in [1.54, 1.807) is 0 Å². The van der Waals surface area contributed by atoms with Crippen LogP contribution in [0.2, 0.25) is 25.7 Å². The zero-order valence-corrected chi connectivity index (χ0v) is 13.9. The summed E-state index contributed by atoms with van der Waals surface area (Å²) >= 11 is 1.89. The molecule has 0 saturated carbocycles. The molecule has 5 nitrogen and oxygen atoms in total. The van der Waals surface area contributed by atoms with E-state index in [0.717, 1.165) is 6.04 Å². The lowest BCUT2D eigenvalue weighted by molar-refractivity contribution is 0.0847. The zero-order valence-electron chi connectivity index (χ0n) is 10.8. The molecule has 0 atom stereocenters. The van der Waals surface area contributed by atoms with Crippen LogP contribution in [0.3, 0.4) is 0 Å². The highest BCUT2D eigenvalue weighted by Crippen LogP contribution is 2.12. The molecule has 0 fully saturated rings. The maximum atomic E-state index is 11.8. The van der Waals surface area contributed by atoms with Crippen LogP contribution in [0.1, 0.15) is 0 Å². The third-order valence-corrected chi connectivity index (χ3v) is 4.84. The fourth-order valence-corrected chi connectivity index (χ4v) is 2.66. The van der Waals surface area contributed by atoms with Crippen molar-refractivity contribution in [2.24, 2.45) is 5.18 Å². The van der Waals surface area contributed by atoms with Gasteiger partial charge < -0.3 is 4.74 Å². The molecule has 0 aliphatic rings. The average molecular weight is 380 g/mol. The van der Waals surface area contributed by atoms with Crippen LogP contribution in [0.5, 0.6) is 0 Å². The van der Waals surface area contributed by atoms with Gasteiger partial charge in [-0.05, 0) is 39.9 Å². The number of ether oxygens (including phenoxy) is 1. The first-order chi connectivity index (χ1) is 8.33. The minimum atomic E-state index is -1.12. The van der Waals surface area contributed by atoms with Crippen molar-refractivity contribution in [1.82, 2.24) is 4.57 Å². The second kappa shape index (κ2) is 6.57. The predicted molar refractivity (Wildman–Crippen MR) is 83.0 cm³/mol. The Balaban J connectivity index is 2.65. The molecule has 0 unspecified atom stereocenters. The largest absolute Gasteiger partial charge is 0.361 e. The van der Waals surface area contributed by atoms with E-state index in [-0.39, 0.29) is 18.0 Å². The fourth-order valence-electron chi connectivity index (χ4n) is 1.27. The second-order valence-electron chi connectivity index (χ2n) is 5.26. The third kappa shape index (κ3) is 4.98. The summed E-state index contributed by atoms with van der Waals surface area (Å²) in [7, 11) is -1.12. The van der Waals surface area contributed by atoms with Crippen LogP contribution in [0.15, 0.2) is 22.2 Å². The standard InChI is InChI=1S/C11H17IN2O3Si/c1-18(2,3)5-4-17-8-14-7-9(13-16)6-10(12)11(14)15/h6-7H,4-5,8H2,1-3H3. The van der Waals surface area contributed by atoms with Gasteiger partial charge >= 0.3 is 0 Å². The van der Waals surface area contributed by atoms with Crippen molar-refractivity contribution in [1.29, 1.82) is 0 Å². The lowest BCUT2D eigenvalue weighted by Gasteiger charge is -2.15. The summed E-state index contributed by atoms with van der Waals surface area (Å²) in [5.74, 6) is 0. The lowest BCUT2D eigenvalue weighted by atomic mass is 10.4. The van der Waals surface area contributed by atoms with Gasteiger partial charge in [0.25, 0.3) is 5.56 Å². The molecule has 0 spiro atoms. The Labute approximate surface area is 121 Å². The maximum absolute atomic E-state index is 11.8. The number of nitroso groups, excluding NO2 is 1. The van der Waals surface area contributed by atoms with Gasteiger partial charge in [0.2, 0.25) is 0 Å². The maximum Gasteiger partial charge on any atom is 0.266 e. The van der Waals surface area contributed by atoms with Crippen LogP contribution < -0.4 is 5.56 Å². The van der Waals surface area contributed by atoms with Crippen molar-refractivity contribution in [2.45, 2.75) is 32.4 Å². The number of nitrogens with zero attached hydrogens (tertiary/aromatic N) is 2. The highest BCUT2D eigenvalue weighted by Gasteiger charge is 2.12. The van der Waals surface area contributed by atoms with Crippen molar-refractivity contribution in [2.75, 3.05) is 6.61 Å². The number of hydrogen-bond donors (Lipinski definition) is 0. The van der Waals surface area contributed by atoms with E-state index in [4.69, 9.17) is 4.74 Å². The van der Waals surface area contributed by atoms with Gasteiger partial charge in [0.1, 0.15) is 12.4 Å². The molecule has 1 heterocycles. The lowest BCUT2D eigenvalue weighted by Crippen LogP contribution is -2.25. The molecule has 7 heteroatoms. The fraction of sp³-hybridized carbons (Fsp3) is 0.545. The molecule has 1 aromatic heterocycles. The van der Waals surface area contributed by atoms with Gasteiger partial charge in [0.15, 0.2) is 0 Å². The van der Waals surface area contributed by atoms with Crippen LogP contribution in [-0.4, -0.2) is 19.2 Å². The Morgan fingerprint density at radius 1 is 1.44 bits per heavy atom. The Kier molecular flexibility index (Phi) is 5.67. The summed E-state index contributed by atoms with van der Waals surface area (Å²) in [6.45, 7) is 7.60. The molecule has 0 N–H and O–H groups in total. The smallest absolute Gasteiger partial charge is 0.266 e. The minimum Gasteiger partial charge on any atom is -0.361 e. The first-order valence-corrected chi connectivity index (χ1v) is 10.4. The molecule has 0 radical (unpaired) electrons. The molecular weight excluding hydrogens is 363 g/mol. The topological polar surface area (TPSA) is 60.7 Å². The average Bonchev–Trinajstić information content (AvgIpc) is 2.28. The SMILES string of the molecule is C[Si](C)(C)CCOCn1cc(N=O)cc(I)c1=O. The van der Waals surface area contributed by atoms with Crippen LogP contribution in [-0.2, 0) is 11.5 Å². The molecule has 0 aliphatic carbocycles. The molecule has 0 bridgehead atoms. The summed E-state index contributed by atoms with van der Waals surface area (Å²) in [4.78, 5) is 22.2. The quantitative estimate of drug-likeness (QED) is 0.330. The number of rotatable bonds is 6. The number of halogens is 1. The molecule has 0 saturated heterocycles. The summed E-state index contributed by atoms with van der Waals surface area (Å²) in [6, 6.07) is 2.51. The Morgan fingerprint density at radius 2 is 2.11 bits per heavy atom. The Bertz CT molecular complexity index is 482. The van der Waals surface area contributed by atoms with Crippen LogP contribution in [0.4, 0.5) is 5.69 Å². The summed E-state index contributed by atoms with van der Waals surface area (Å²) in [6.07, 6.45) is 1.42. The van der Waals surface area contributed by atoms with Gasteiger partial charge in [-0.1, -0.05) is 19.6 Å². The normalized spacial score (nSPS) is 11.6. The Hall–Kier alpha value is -0.543. The molecular formula is C11H17IN2O3Si. The van der Waals surface area contributed by atoms with Gasteiger partial charge in [-0.3, -0.25) is 9.36 Å². The first kappa shape index (κ1) is 15.5. The van der Waals surface area contributed by atoms with Crippen molar-refractivity contribution in [3.8, 4) is 0 Å². The van der Waals surface area contributed by atoms with E-state index in [1.807, 2.05) is 22.6 Å². The monoisotopic (exact) mass is 380 g/mol. The molecule has 0 aliphatic heterocycles. The highest BCUT2D eigenvalue weighted by molar-refractivity contribution is 14.1. The van der Waals surface area contributed by atoms with Crippen molar-refractivity contribution in [3.05, 3.63) is 31.1 Å². The van der Waals surface area contributed by atoms with E-state index in [1.165, 1.54) is 16.8 Å². The van der Waals surface area contributed by atoms with E-state index in [2.05, 4.69) is 24.8 Å². The third-order valence-electron chi connectivity index (χ3n) is 2.36. The number of aromatic nitrogens is 1. The predicted octanol–water partition coefficient (Wildman–Crippen LogP) is 3.16. The van der Waals surface area contributed by atoms with Crippen LogP contribution in [0, 0.1) is 8.48 Å². The van der Waals surface area contributed by atoms with Gasteiger partial charge in [0, 0.05) is 20.9 Å². The molecule has 18 heavy (non-hydrogen) atoms. The summed E-state index contributed by atoms with van der Waals surface area (Å²) in [5.41, 5.74) is 0.0869. The Morgan fingerprint density at radius 3 is 2.67 bits per heavy atom. The van der Waals surface area contributed by atoms with Crippen molar-refractivity contribution < 1.29 is 4.74 Å². The van der Waals surface area contributed by atoms with Gasteiger partial charge in [-0.15, -0.1) is 4.91 Å². The molecule has 1 aromatic rings. The van der Waals surface area contributed by atoms with Crippen LogP contribution in [0.25, 0.3) is 0 Å². The first-order valence-electron chi connectivity index (χ1n) is 5.64. The molecule has 0 aromatic carbocycles. The van der Waals surface area contributed by atoms with Gasteiger partial charge in [0.05, 0.1) is 3.57 Å². The number of hydrogen-bond acceptors (Lipinski definition) is 4. The van der Waals surface area contributed by atoms with E-state index < -0.39 is 8.07 Å². The van der Waals surface area contributed by atoms with Crippen molar-refractivity contribution in [3.63, 3.8) is 0 Å². The van der Waals surface area contributed by atoms with Gasteiger partial charge in [-0.2, -0.15) is 0 Å². The molecule has 1 rings (SSSR count).